The fraction of sp³-hybridized carbons (Fsp3) is 0.417. The van der Waals surface area contributed by atoms with Gasteiger partial charge in [-0.25, -0.2) is 0 Å². The number of nitrogens with zero attached hydrogens (tertiary/aromatic N) is 2. The maximum atomic E-state index is 11.9. The van der Waals surface area contributed by atoms with Crippen LogP contribution in [0.15, 0.2) is 60.8 Å². The Morgan fingerprint density at radius 1 is 1.00 bits per heavy atom. The quantitative estimate of drug-likeness (QED) is 0.718. The van der Waals surface area contributed by atoms with Gasteiger partial charge in [-0.2, -0.15) is 0 Å². The van der Waals surface area contributed by atoms with Gasteiger partial charge >= 0.3 is 0 Å². The molecule has 0 radical (unpaired) electrons. The summed E-state index contributed by atoms with van der Waals surface area (Å²) in [5.41, 5.74) is 2.74. The third-order valence-corrected chi connectivity index (χ3v) is 6.62. The lowest BCUT2D eigenvalue weighted by atomic mass is 9.79. The molecular weight excluding hydrogens is 362 g/mol. The highest BCUT2D eigenvalue weighted by atomic mass is 16.5. The van der Waals surface area contributed by atoms with E-state index in [-0.39, 0.29) is 6.04 Å². The normalized spacial score (nSPS) is 26.7. The molecule has 0 bridgehead atoms. The number of likely N-dealkylation sites (tertiary alicyclic amines) is 1. The third kappa shape index (κ3) is 3.60. The fourth-order valence-corrected chi connectivity index (χ4v) is 5.02. The minimum atomic E-state index is -0.826. The summed E-state index contributed by atoms with van der Waals surface area (Å²) in [7, 11) is 0. The molecule has 2 aliphatic heterocycles. The SMILES string of the molecule is O[C@]1(c2ccccc2)CCN(Cc2cccc3cc[nH]c23)C[C@H]1N1CCOCC1. The van der Waals surface area contributed by atoms with Crippen molar-refractivity contribution in [2.24, 2.45) is 0 Å². The molecule has 2 N–H and O–H groups in total. The lowest BCUT2D eigenvalue weighted by Crippen LogP contribution is -2.62. The summed E-state index contributed by atoms with van der Waals surface area (Å²) in [5, 5.41) is 13.1. The largest absolute Gasteiger partial charge is 0.383 e. The second kappa shape index (κ2) is 7.92. The van der Waals surface area contributed by atoms with Crippen LogP contribution >= 0.6 is 0 Å². The van der Waals surface area contributed by atoms with Crippen LogP contribution in [0.4, 0.5) is 0 Å². The Labute approximate surface area is 171 Å². The van der Waals surface area contributed by atoms with Crippen LogP contribution < -0.4 is 0 Å². The van der Waals surface area contributed by atoms with Gasteiger partial charge in [0, 0.05) is 44.4 Å². The molecule has 2 aliphatic rings. The number of piperidine rings is 1. The highest BCUT2D eigenvalue weighted by molar-refractivity contribution is 5.82. The predicted molar refractivity (Wildman–Crippen MR) is 115 cm³/mol. The molecule has 0 spiro atoms. The predicted octanol–water partition coefficient (Wildman–Crippen LogP) is 2.96. The summed E-state index contributed by atoms with van der Waals surface area (Å²) < 4.78 is 5.59. The van der Waals surface area contributed by atoms with Crippen LogP contribution in [0.5, 0.6) is 0 Å². The minimum Gasteiger partial charge on any atom is -0.383 e. The van der Waals surface area contributed by atoms with Crippen molar-refractivity contribution in [3.8, 4) is 0 Å². The second-order valence-electron chi connectivity index (χ2n) is 8.30. The average molecular weight is 392 g/mol. The molecule has 3 heterocycles. The number of rotatable bonds is 4. The summed E-state index contributed by atoms with van der Waals surface area (Å²) in [6, 6.07) is 18.9. The Bertz CT molecular complexity index is 951. The number of aromatic amines is 1. The van der Waals surface area contributed by atoms with Crippen molar-refractivity contribution < 1.29 is 9.84 Å². The molecule has 2 aromatic carbocycles. The zero-order valence-electron chi connectivity index (χ0n) is 16.8. The number of hydrogen-bond acceptors (Lipinski definition) is 4. The Balaban J connectivity index is 1.42. The van der Waals surface area contributed by atoms with Gasteiger partial charge in [0.15, 0.2) is 0 Å². The van der Waals surface area contributed by atoms with Crippen LogP contribution in [0.25, 0.3) is 10.9 Å². The van der Waals surface area contributed by atoms with E-state index in [0.29, 0.717) is 0 Å². The molecule has 152 valence electrons. The molecule has 1 aromatic heterocycles. The summed E-state index contributed by atoms with van der Waals surface area (Å²) >= 11 is 0. The number of benzene rings is 2. The van der Waals surface area contributed by atoms with Crippen LogP contribution in [0.3, 0.4) is 0 Å². The first-order chi connectivity index (χ1) is 14.2. The molecule has 3 aromatic rings. The van der Waals surface area contributed by atoms with E-state index in [4.69, 9.17) is 4.74 Å². The van der Waals surface area contributed by atoms with Crippen LogP contribution in [-0.2, 0) is 16.9 Å². The van der Waals surface area contributed by atoms with Crippen molar-refractivity contribution in [3.63, 3.8) is 0 Å². The number of nitrogens with one attached hydrogen (secondary N) is 1. The number of para-hydroxylation sites is 1. The van der Waals surface area contributed by atoms with Gasteiger partial charge in [0.2, 0.25) is 0 Å². The number of aliphatic hydroxyl groups is 1. The minimum absolute atomic E-state index is 0.0606. The van der Waals surface area contributed by atoms with E-state index in [1.54, 1.807) is 0 Å². The first-order valence-corrected chi connectivity index (χ1v) is 10.6. The fourth-order valence-electron chi connectivity index (χ4n) is 5.02. The van der Waals surface area contributed by atoms with Gasteiger partial charge in [0.1, 0.15) is 5.60 Å². The van der Waals surface area contributed by atoms with E-state index in [0.717, 1.165) is 57.9 Å². The smallest absolute Gasteiger partial charge is 0.108 e. The molecule has 5 rings (SSSR count). The third-order valence-electron chi connectivity index (χ3n) is 6.62. The molecule has 5 nitrogen and oxygen atoms in total. The molecule has 29 heavy (non-hydrogen) atoms. The standard InChI is InChI=1S/C24H29N3O2/c28-24(21-7-2-1-3-8-21)10-12-26(18-22(24)27-13-15-29-16-14-27)17-20-6-4-5-19-9-11-25-23(19)20/h1-9,11,22,25,28H,10,12-18H2/t22-,24+/m1/s1. The van der Waals surface area contributed by atoms with Crippen molar-refractivity contribution in [3.05, 3.63) is 71.9 Å². The van der Waals surface area contributed by atoms with E-state index in [1.165, 1.54) is 16.5 Å². The molecule has 2 fully saturated rings. The topological polar surface area (TPSA) is 51.7 Å². The highest BCUT2D eigenvalue weighted by Crippen LogP contribution is 2.37. The summed E-state index contributed by atoms with van der Waals surface area (Å²) in [6.07, 6.45) is 2.74. The highest BCUT2D eigenvalue weighted by Gasteiger charge is 2.45. The van der Waals surface area contributed by atoms with Gasteiger partial charge in [-0.05, 0) is 29.0 Å². The first-order valence-electron chi connectivity index (χ1n) is 10.6. The van der Waals surface area contributed by atoms with Crippen LogP contribution in [0.1, 0.15) is 17.5 Å². The molecule has 5 heteroatoms. The maximum Gasteiger partial charge on any atom is 0.108 e. The molecule has 0 saturated carbocycles. The first kappa shape index (κ1) is 18.8. The Morgan fingerprint density at radius 3 is 2.66 bits per heavy atom. The van der Waals surface area contributed by atoms with Crippen molar-refractivity contribution in [1.82, 2.24) is 14.8 Å². The maximum absolute atomic E-state index is 11.9. The van der Waals surface area contributed by atoms with E-state index in [1.807, 2.05) is 24.4 Å². The van der Waals surface area contributed by atoms with Gasteiger partial charge in [-0.15, -0.1) is 0 Å². The Morgan fingerprint density at radius 2 is 1.83 bits per heavy atom. The number of hydrogen-bond donors (Lipinski definition) is 2. The van der Waals surface area contributed by atoms with Gasteiger partial charge < -0.3 is 14.8 Å². The van der Waals surface area contributed by atoms with Crippen molar-refractivity contribution in [2.75, 3.05) is 39.4 Å². The Hall–Kier alpha value is -2.18. The number of H-pyrrole nitrogens is 1. The van der Waals surface area contributed by atoms with E-state index in [2.05, 4.69) is 51.2 Å². The van der Waals surface area contributed by atoms with Crippen LogP contribution in [0.2, 0.25) is 0 Å². The molecule has 2 atom stereocenters. The number of aromatic nitrogens is 1. The zero-order valence-corrected chi connectivity index (χ0v) is 16.8. The molecular formula is C24H29N3O2. The van der Waals surface area contributed by atoms with Crippen LogP contribution in [-0.4, -0.2) is 65.3 Å². The van der Waals surface area contributed by atoms with Crippen molar-refractivity contribution in [2.45, 2.75) is 24.6 Å². The summed E-state index contributed by atoms with van der Waals surface area (Å²) in [6.45, 7) is 5.85. The van der Waals surface area contributed by atoms with E-state index in [9.17, 15) is 5.11 Å². The monoisotopic (exact) mass is 391 g/mol. The molecule has 0 amide bonds. The van der Waals surface area contributed by atoms with E-state index >= 15 is 0 Å². The molecule has 2 saturated heterocycles. The van der Waals surface area contributed by atoms with Crippen LogP contribution in [0, 0.1) is 0 Å². The Kier molecular flexibility index (Phi) is 5.14. The van der Waals surface area contributed by atoms with E-state index < -0.39 is 5.60 Å². The van der Waals surface area contributed by atoms with Gasteiger partial charge in [-0.1, -0.05) is 48.5 Å². The van der Waals surface area contributed by atoms with Crippen molar-refractivity contribution >= 4 is 10.9 Å². The zero-order chi connectivity index (χ0) is 19.7. The van der Waals surface area contributed by atoms with Crippen molar-refractivity contribution in [1.29, 1.82) is 0 Å². The summed E-state index contributed by atoms with van der Waals surface area (Å²) in [5.74, 6) is 0. The lowest BCUT2D eigenvalue weighted by Gasteiger charge is -2.50. The summed E-state index contributed by atoms with van der Waals surface area (Å²) in [4.78, 5) is 8.31. The van der Waals surface area contributed by atoms with Gasteiger partial charge in [0.05, 0.1) is 19.3 Å². The average Bonchev–Trinajstić information content (AvgIpc) is 3.26. The number of fused-ring (bicyclic) bond motifs is 1. The number of ether oxygens (including phenoxy) is 1. The second-order valence-corrected chi connectivity index (χ2v) is 8.30. The number of morpholine rings is 1. The van der Waals surface area contributed by atoms with Gasteiger partial charge in [0.25, 0.3) is 0 Å². The molecule has 0 unspecified atom stereocenters. The lowest BCUT2D eigenvalue weighted by molar-refractivity contribution is -0.119. The van der Waals surface area contributed by atoms with Gasteiger partial charge in [-0.3, -0.25) is 9.80 Å². The molecule has 0 aliphatic carbocycles.